The number of hydrogen-bond acceptors (Lipinski definition) is 4. The summed E-state index contributed by atoms with van der Waals surface area (Å²) in [5.74, 6) is 0.0472. The van der Waals surface area contributed by atoms with Gasteiger partial charge in [-0.25, -0.2) is 0 Å². The van der Waals surface area contributed by atoms with E-state index < -0.39 is 5.54 Å². The van der Waals surface area contributed by atoms with Crippen molar-refractivity contribution >= 4 is 43.1 Å². The molecule has 1 atom stereocenters. The van der Waals surface area contributed by atoms with Crippen molar-refractivity contribution in [2.75, 3.05) is 39.8 Å². The molecule has 3 N–H and O–H groups in total. The summed E-state index contributed by atoms with van der Waals surface area (Å²) in [5.41, 5.74) is 5.56. The molecule has 1 aliphatic heterocycles. The maximum absolute atomic E-state index is 12.1. The molecule has 2 rings (SSSR count). The molecule has 22 heavy (non-hydrogen) atoms. The summed E-state index contributed by atoms with van der Waals surface area (Å²) in [7, 11) is 2.15. The standard InChI is InChI=1S/C14H28N4O.3ClH/c1-12(18-9-7-17(2)8-10-18)11-16-13(19)14(15)5-3-4-6-14;;;/h12H,3-11,15H2,1-2H3,(H,16,19);3*1H. The van der Waals surface area contributed by atoms with E-state index in [4.69, 9.17) is 5.73 Å². The van der Waals surface area contributed by atoms with Crippen LogP contribution in [-0.4, -0.2) is 67.1 Å². The lowest BCUT2D eigenvalue weighted by atomic mass is 9.98. The van der Waals surface area contributed by atoms with Gasteiger partial charge >= 0.3 is 0 Å². The van der Waals surface area contributed by atoms with Crippen molar-refractivity contribution in [2.24, 2.45) is 5.73 Å². The van der Waals surface area contributed by atoms with Crippen molar-refractivity contribution < 1.29 is 4.79 Å². The van der Waals surface area contributed by atoms with Gasteiger partial charge in [-0.05, 0) is 26.8 Å². The van der Waals surface area contributed by atoms with Gasteiger partial charge in [-0.2, -0.15) is 0 Å². The number of rotatable bonds is 4. The van der Waals surface area contributed by atoms with E-state index in [1.165, 1.54) is 0 Å². The molecular weight excluding hydrogens is 347 g/mol. The lowest BCUT2D eigenvalue weighted by Crippen LogP contribution is -2.56. The summed E-state index contributed by atoms with van der Waals surface area (Å²) in [5, 5.41) is 3.05. The number of likely N-dealkylation sites (N-methyl/N-ethyl adjacent to an activating group) is 1. The molecule has 0 bridgehead atoms. The number of carbonyl (C=O) groups excluding carboxylic acids is 1. The van der Waals surface area contributed by atoms with Gasteiger partial charge in [-0.15, -0.1) is 37.2 Å². The third-order valence-electron chi connectivity index (χ3n) is 4.67. The number of nitrogens with one attached hydrogen (secondary N) is 1. The van der Waals surface area contributed by atoms with Gasteiger partial charge in [0.05, 0.1) is 5.54 Å². The van der Waals surface area contributed by atoms with Gasteiger partial charge in [0.1, 0.15) is 0 Å². The third-order valence-corrected chi connectivity index (χ3v) is 4.67. The summed E-state index contributed by atoms with van der Waals surface area (Å²) in [6.07, 6.45) is 3.83. The largest absolute Gasteiger partial charge is 0.353 e. The first-order chi connectivity index (χ1) is 9.01. The van der Waals surface area contributed by atoms with Crippen LogP contribution < -0.4 is 11.1 Å². The Morgan fingerprint density at radius 2 is 1.64 bits per heavy atom. The van der Waals surface area contributed by atoms with E-state index in [2.05, 4.69) is 29.1 Å². The first kappa shape index (κ1) is 24.5. The average molecular weight is 378 g/mol. The van der Waals surface area contributed by atoms with E-state index in [0.717, 1.165) is 51.9 Å². The predicted octanol–water partition coefficient (Wildman–Crippen LogP) is 1.28. The molecule has 1 aliphatic carbocycles. The van der Waals surface area contributed by atoms with E-state index in [1.807, 2.05) is 0 Å². The zero-order valence-electron chi connectivity index (χ0n) is 13.5. The van der Waals surface area contributed by atoms with E-state index in [1.54, 1.807) is 0 Å². The molecule has 0 aromatic rings. The van der Waals surface area contributed by atoms with E-state index in [-0.39, 0.29) is 43.1 Å². The molecule has 1 unspecified atom stereocenters. The third kappa shape index (κ3) is 6.38. The second kappa shape index (κ2) is 10.9. The average Bonchev–Trinajstić information content (AvgIpc) is 2.84. The first-order valence-corrected chi connectivity index (χ1v) is 7.51. The molecule has 0 aromatic carbocycles. The molecule has 0 aromatic heterocycles. The Bertz CT molecular complexity index is 319. The molecule has 1 saturated heterocycles. The molecule has 1 amide bonds. The highest BCUT2D eigenvalue weighted by Crippen LogP contribution is 2.27. The minimum absolute atomic E-state index is 0. The number of piperazine rings is 1. The normalized spacial score (nSPS) is 22.7. The van der Waals surface area contributed by atoms with Crippen LogP contribution in [-0.2, 0) is 4.79 Å². The van der Waals surface area contributed by atoms with Crippen molar-refractivity contribution in [3.63, 3.8) is 0 Å². The fraction of sp³-hybridized carbons (Fsp3) is 0.929. The number of halogens is 3. The molecule has 0 spiro atoms. The predicted molar refractivity (Wildman–Crippen MR) is 98.7 cm³/mol. The molecule has 5 nitrogen and oxygen atoms in total. The number of amides is 1. The maximum atomic E-state index is 12.1. The van der Waals surface area contributed by atoms with Gasteiger partial charge in [-0.3, -0.25) is 9.69 Å². The molecule has 2 fully saturated rings. The van der Waals surface area contributed by atoms with Crippen molar-refractivity contribution in [3.8, 4) is 0 Å². The highest BCUT2D eigenvalue weighted by molar-refractivity contribution is 5.86. The molecule has 2 aliphatic rings. The van der Waals surface area contributed by atoms with E-state index in [9.17, 15) is 4.79 Å². The Hall–Kier alpha value is 0.220. The second-order valence-electron chi connectivity index (χ2n) is 6.26. The van der Waals surface area contributed by atoms with Crippen molar-refractivity contribution in [2.45, 2.75) is 44.2 Å². The fourth-order valence-electron chi connectivity index (χ4n) is 3.04. The van der Waals surface area contributed by atoms with Gasteiger partial charge in [0.2, 0.25) is 5.91 Å². The van der Waals surface area contributed by atoms with Crippen LogP contribution in [0.3, 0.4) is 0 Å². The Balaban J connectivity index is 0. The van der Waals surface area contributed by atoms with Crippen molar-refractivity contribution in [1.29, 1.82) is 0 Å². The topological polar surface area (TPSA) is 61.6 Å². The van der Waals surface area contributed by atoms with Crippen LogP contribution in [0.1, 0.15) is 32.6 Å². The fourth-order valence-corrected chi connectivity index (χ4v) is 3.04. The van der Waals surface area contributed by atoms with E-state index in [0.29, 0.717) is 12.6 Å². The highest BCUT2D eigenvalue weighted by atomic mass is 35.5. The number of carbonyl (C=O) groups is 1. The van der Waals surface area contributed by atoms with Crippen LogP contribution in [0.15, 0.2) is 0 Å². The van der Waals surface area contributed by atoms with E-state index >= 15 is 0 Å². The zero-order chi connectivity index (χ0) is 13.9. The Kier molecular flexibility index (Phi) is 12.1. The number of nitrogens with zero attached hydrogens (tertiary/aromatic N) is 2. The summed E-state index contributed by atoms with van der Waals surface area (Å²) >= 11 is 0. The molecule has 1 saturated carbocycles. The van der Waals surface area contributed by atoms with Gasteiger partial charge in [-0.1, -0.05) is 12.8 Å². The molecule has 8 heteroatoms. The quantitative estimate of drug-likeness (QED) is 0.774. The van der Waals surface area contributed by atoms with Gasteiger partial charge in [0, 0.05) is 38.8 Å². The number of nitrogens with two attached hydrogens (primary N) is 1. The van der Waals surface area contributed by atoms with Crippen molar-refractivity contribution in [3.05, 3.63) is 0 Å². The highest BCUT2D eigenvalue weighted by Gasteiger charge is 2.37. The summed E-state index contributed by atoms with van der Waals surface area (Å²) < 4.78 is 0. The molecule has 134 valence electrons. The zero-order valence-corrected chi connectivity index (χ0v) is 16.0. The van der Waals surface area contributed by atoms with Crippen LogP contribution in [0.5, 0.6) is 0 Å². The Morgan fingerprint density at radius 3 is 2.14 bits per heavy atom. The number of hydrogen-bond donors (Lipinski definition) is 2. The minimum atomic E-state index is -0.595. The second-order valence-corrected chi connectivity index (χ2v) is 6.26. The van der Waals surface area contributed by atoms with Crippen LogP contribution >= 0.6 is 37.2 Å². The molecule has 1 heterocycles. The van der Waals surface area contributed by atoms with Gasteiger partial charge < -0.3 is 16.0 Å². The Morgan fingerprint density at radius 1 is 1.14 bits per heavy atom. The molecule has 0 radical (unpaired) electrons. The first-order valence-electron chi connectivity index (χ1n) is 7.51. The minimum Gasteiger partial charge on any atom is -0.353 e. The Labute approximate surface area is 153 Å². The van der Waals surface area contributed by atoms with Crippen LogP contribution in [0.25, 0.3) is 0 Å². The summed E-state index contributed by atoms with van der Waals surface area (Å²) in [6.45, 7) is 7.28. The van der Waals surface area contributed by atoms with Gasteiger partial charge in [0.25, 0.3) is 0 Å². The SMILES string of the molecule is CC(CNC(=O)C1(N)CCCC1)N1CCN(C)CC1.Cl.Cl.Cl. The smallest absolute Gasteiger partial charge is 0.240 e. The molecular formula is C14H31Cl3N4O. The van der Waals surface area contributed by atoms with Crippen LogP contribution in [0.4, 0.5) is 0 Å². The van der Waals surface area contributed by atoms with Crippen LogP contribution in [0.2, 0.25) is 0 Å². The summed E-state index contributed by atoms with van der Waals surface area (Å²) in [6, 6.07) is 0.391. The summed E-state index contributed by atoms with van der Waals surface area (Å²) in [4.78, 5) is 16.9. The van der Waals surface area contributed by atoms with Gasteiger partial charge in [0.15, 0.2) is 0 Å². The lowest BCUT2D eigenvalue weighted by Gasteiger charge is -2.36. The van der Waals surface area contributed by atoms with Crippen molar-refractivity contribution in [1.82, 2.24) is 15.1 Å². The lowest BCUT2D eigenvalue weighted by molar-refractivity contribution is -0.126. The van der Waals surface area contributed by atoms with Crippen LogP contribution in [0, 0.1) is 0 Å². The monoisotopic (exact) mass is 376 g/mol. The maximum Gasteiger partial charge on any atom is 0.240 e.